The first-order valence-electron chi connectivity index (χ1n) is 14.1. The van der Waals surface area contributed by atoms with Crippen LogP contribution in [0.5, 0.6) is 0 Å². The molecular formula is C34H32N2O3P2S. The van der Waals surface area contributed by atoms with E-state index in [1.165, 1.54) is 0 Å². The Morgan fingerprint density at radius 2 is 1.21 bits per heavy atom. The van der Waals surface area contributed by atoms with E-state index in [1.807, 2.05) is 121 Å². The number of thiocarbonyl (C=S) groups is 1. The summed E-state index contributed by atoms with van der Waals surface area (Å²) in [4.78, 5) is 4.12. The van der Waals surface area contributed by atoms with Crippen LogP contribution in [0.4, 0.5) is 0 Å². The van der Waals surface area contributed by atoms with Gasteiger partial charge in [-0.3, -0.25) is 4.57 Å². The number of ether oxygens (including phenoxy) is 1. The van der Waals surface area contributed by atoms with Gasteiger partial charge in [0.2, 0.25) is 0 Å². The van der Waals surface area contributed by atoms with Gasteiger partial charge in [0.15, 0.2) is 0 Å². The van der Waals surface area contributed by atoms with Gasteiger partial charge in [0, 0.05) is 51.4 Å². The molecule has 5 aromatic rings. The van der Waals surface area contributed by atoms with Crippen LogP contribution in [0, 0.1) is 5.92 Å². The number of hydrogen-bond donors (Lipinski definition) is 0. The number of hydrogen-bond acceptors (Lipinski definition) is 5. The van der Waals surface area contributed by atoms with Crippen LogP contribution in [0.25, 0.3) is 0 Å². The van der Waals surface area contributed by atoms with Gasteiger partial charge in [-0.2, -0.15) is 0 Å². The Labute approximate surface area is 252 Å². The zero-order valence-electron chi connectivity index (χ0n) is 23.1. The van der Waals surface area contributed by atoms with Crippen molar-refractivity contribution in [2.75, 3.05) is 6.16 Å². The van der Waals surface area contributed by atoms with Crippen LogP contribution in [0.2, 0.25) is 0 Å². The summed E-state index contributed by atoms with van der Waals surface area (Å²) in [6, 6.07) is 38.9. The van der Waals surface area contributed by atoms with E-state index in [9.17, 15) is 0 Å². The zero-order valence-corrected chi connectivity index (χ0v) is 25.7. The van der Waals surface area contributed by atoms with E-state index < -0.39 is 14.3 Å². The van der Waals surface area contributed by atoms with Crippen LogP contribution in [0.3, 0.4) is 0 Å². The monoisotopic (exact) mass is 610 g/mol. The summed E-state index contributed by atoms with van der Waals surface area (Å²) in [5.41, 5.74) is -0.206. The van der Waals surface area contributed by atoms with Gasteiger partial charge in [0.05, 0.1) is 0 Å². The lowest BCUT2D eigenvalue weighted by Crippen LogP contribution is -2.30. The second-order valence-corrected chi connectivity index (χ2v) is 17.0. The van der Waals surface area contributed by atoms with Crippen molar-refractivity contribution in [3.63, 3.8) is 0 Å². The Morgan fingerprint density at radius 3 is 1.67 bits per heavy atom. The third kappa shape index (κ3) is 5.60. The standard InChI is InChI=1S/C34H32N2O3P2S/c37-40(28-13-5-1-6-14-28,29-15-7-2-8-16-29)25-27-23-32(24-33(27)39-34(42)36-22-21-35-26-36)41(38,30-17-9-3-10-18-30)31-19-11-4-12-20-31/h1-22,26-27,32-33H,23-25H2/t27-,32-,33+/m0/s1. The SMILES string of the molecule is O=P(C[C@@H]1C[C@H](P(=O)(c2ccccc2)c2ccccc2)C[C@H]1OC(=S)n1ccnc1)(c1ccccc1)c1ccccc1. The van der Waals surface area contributed by atoms with Crippen LogP contribution < -0.4 is 21.2 Å². The zero-order chi connectivity index (χ0) is 29.0. The number of imidazole rings is 1. The van der Waals surface area contributed by atoms with Gasteiger partial charge in [0.25, 0.3) is 5.17 Å². The van der Waals surface area contributed by atoms with Crippen LogP contribution in [0.1, 0.15) is 12.8 Å². The quantitative estimate of drug-likeness (QED) is 0.155. The molecule has 0 aliphatic heterocycles. The predicted octanol–water partition coefficient (Wildman–Crippen LogP) is 6.21. The minimum atomic E-state index is -3.09. The second kappa shape index (κ2) is 12.4. The van der Waals surface area contributed by atoms with Crippen molar-refractivity contribution >= 4 is 52.9 Å². The molecule has 1 aromatic heterocycles. The molecule has 6 rings (SSSR count). The van der Waals surface area contributed by atoms with E-state index in [4.69, 9.17) is 17.0 Å². The first-order valence-corrected chi connectivity index (χ1v) is 18.2. The van der Waals surface area contributed by atoms with E-state index in [-0.39, 0.29) is 22.9 Å². The number of aromatic nitrogens is 2. The molecule has 0 bridgehead atoms. The molecule has 212 valence electrons. The maximum absolute atomic E-state index is 15.4. The highest BCUT2D eigenvalue weighted by Crippen LogP contribution is 2.58. The summed E-state index contributed by atoms with van der Waals surface area (Å²) in [5.74, 6) is -0.150. The molecule has 42 heavy (non-hydrogen) atoms. The topological polar surface area (TPSA) is 61.2 Å². The van der Waals surface area contributed by atoms with E-state index in [0.717, 1.165) is 21.2 Å². The lowest BCUT2D eigenvalue weighted by molar-refractivity contribution is 0.154. The van der Waals surface area contributed by atoms with Crippen molar-refractivity contribution in [1.82, 2.24) is 9.55 Å². The highest BCUT2D eigenvalue weighted by molar-refractivity contribution is 7.80. The summed E-state index contributed by atoms with van der Waals surface area (Å²) in [6.07, 6.45) is 6.17. The summed E-state index contributed by atoms with van der Waals surface area (Å²) in [6.45, 7) is 0. The Bertz CT molecular complexity index is 1630. The first kappa shape index (κ1) is 28.6. The van der Waals surface area contributed by atoms with Gasteiger partial charge >= 0.3 is 0 Å². The van der Waals surface area contributed by atoms with Gasteiger partial charge in [-0.05, 0) is 25.1 Å². The van der Waals surface area contributed by atoms with Crippen molar-refractivity contribution in [1.29, 1.82) is 0 Å². The lowest BCUT2D eigenvalue weighted by Gasteiger charge is -2.27. The molecule has 3 atom stereocenters. The molecule has 8 heteroatoms. The second-order valence-electron chi connectivity index (χ2n) is 10.7. The molecule has 0 radical (unpaired) electrons. The Kier molecular flexibility index (Phi) is 8.40. The fourth-order valence-electron chi connectivity index (χ4n) is 6.15. The fraction of sp³-hybridized carbons (Fsp3) is 0.176. The highest BCUT2D eigenvalue weighted by Gasteiger charge is 2.49. The van der Waals surface area contributed by atoms with Crippen LogP contribution in [-0.4, -0.2) is 32.7 Å². The number of rotatable bonds is 8. The molecule has 1 aliphatic carbocycles. The summed E-state index contributed by atoms with van der Waals surface area (Å²) in [7, 11) is -6.16. The third-order valence-corrected chi connectivity index (χ3v) is 15.3. The fourth-order valence-corrected chi connectivity index (χ4v) is 12.9. The largest absolute Gasteiger partial charge is 0.467 e. The molecular weight excluding hydrogens is 578 g/mol. The maximum Gasteiger partial charge on any atom is 0.269 e. The Morgan fingerprint density at radius 1 is 0.738 bits per heavy atom. The van der Waals surface area contributed by atoms with Crippen molar-refractivity contribution in [2.24, 2.45) is 5.92 Å². The van der Waals surface area contributed by atoms with Crippen molar-refractivity contribution < 1.29 is 13.9 Å². The Hall–Kier alpha value is -3.56. The first-order chi connectivity index (χ1) is 20.5. The van der Waals surface area contributed by atoms with Gasteiger partial charge < -0.3 is 13.9 Å². The molecule has 1 saturated carbocycles. The minimum absolute atomic E-state index is 0.150. The van der Waals surface area contributed by atoms with Gasteiger partial charge in [0.1, 0.15) is 26.7 Å². The highest BCUT2D eigenvalue weighted by atomic mass is 32.1. The minimum Gasteiger partial charge on any atom is -0.467 e. The predicted molar refractivity (Wildman–Crippen MR) is 176 cm³/mol. The molecule has 1 aliphatic rings. The van der Waals surface area contributed by atoms with Crippen LogP contribution in [-0.2, 0) is 13.9 Å². The summed E-state index contributed by atoms with van der Waals surface area (Å²) in [5, 5.41) is 3.56. The van der Waals surface area contributed by atoms with Crippen LogP contribution >= 0.6 is 26.5 Å². The van der Waals surface area contributed by atoms with Gasteiger partial charge in [-0.25, -0.2) is 4.98 Å². The van der Waals surface area contributed by atoms with E-state index >= 15 is 9.13 Å². The smallest absolute Gasteiger partial charge is 0.269 e. The number of benzene rings is 4. The third-order valence-electron chi connectivity index (χ3n) is 8.20. The van der Waals surface area contributed by atoms with E-state index in [1.54, 1.807) is 23.3 Å². The van der Waals surface area contributed by atoms with Crippen molar-refractivity contribution in [3.05, 3.63) is 140 Å². The molecule has 0 spiro atoms. The Balaban J connectivity index is 1.42. The average Bonchev–Trinajstić information content (AvgIpc) is 3.73. The summed E-state index contributed by atoms with van der Waals surface area (Å²) >= 11 is 5.67. The molecule has 0 N–H and O–H groups in total. The molecule has 0 unspecified atom stereocenters. The van der Waals surface area contributed by atoms with Crippen molar-refractivity contribution in [2.45, 2.75) is 24.6 Å². The molecule has 0 amide bonds. The summed E-state index contributed by atoms with van der Waals surface area (Å²) < 4.78 is 38.7. The van der Waals surface area contributed by atoms with Gasteiger partial charge in [-0.15, -0.1) is 0 Å². The molecule has 0 saturated heterocycles. The maximum atomic E-state index is 15.4. The normalized spacial score (nSPS) is 18.9. The molecule has 4 aromatic carbocycles. The van der Waals surface area contributed by atoms with Crippen molar-refractivity contribution in [3.8, 4) is 0 Å². The van der Waals surface area contributed by atoms with E-state index in [0.29, 0.717) is 19.0 Å². The van der Waals surface area contributed by atoms with Crippen LogP contribution in [0.15, 0.2) is 140 Å². The lowest BCUT2D eigenvalue weighted by atomic mass is 10.1. The molecule has 1 fully saturated rings. The van der Waals surface area contributed by atoms with Gasteiger partial charge in [-0.1, -0.05) is 121 Å². The van der Waals surface area contributed by atoms with E-state index in [2.05, 4.69) is 4.98 Å². The molecule has 1 heterocycles. The average molecular weight is 611 g/mol. The molecule has 5 nitrogen and oxygen atoms in total. The number of nitrogens with zero attached hydrogens (tertiary/aromatic N) is 2.